The molecule has 0 aromatic carbocycles. The Morgan fingerprint density at radius 1 is 1.62 bits per heavy atom. The number of nitrogen functional groups attached to an aromatic ring is 1. The Labute approximate surface area is 80.2 Å². The Balaban J connectivity index is 2.45. The van der Waals surface area contributed by atoms with E-state index in [0.717, 1.165) is 17.1 Å². The molecule has 0 unspecified atom stereocenters. The van der Waals surface area contributed by atoms with Crippen LogP contribution in [0.25, 0.3) is 10.6 Å². The normalized spacial score (nSPS) is 10.5. The molecule has 4 heteroatoms. The van der Waals surface area contributed by atoms with Gasteiger partial charge in [0.15, 0.2) is 11.6 Å². The van der Waals surface area contributed by atoms with Crippen molar-refractivity contribution in [3.63, 3.8) is 0 Å². The van der Waals surface area contributed by atoms with Crippen molar-refractivity contribution in [3.05, 3.63) is 23.1 Å². The molecule has 0 amide bonds. The van der Waals surface area contributed by atoms with E-state index >= 15 is 0 Å². The predicted octanol–water partition coefficient (Wildman–Crippen LogP) is 2.55. The third-order valence-corrected chi connectivity index (χ3v) is 2.85. The maximum atomic E-state index is 5.48. The van der Waals surface area contributed by atoms with Crippen LogP contribution in [0.2, 0.25) is 0 Å². The SMILES string of the molecule is CCc1ccsc1-c1cc(N)no1. The van der Waals surface area contributed by atoms with Crippen LogP contribution in [0.3, 0.4) is 0 Å². The summed E-state index contributed by atoms with van der Waals surface area (Å²) in [6, 6.07) is 3.85. The van der Waals surface area contributed by atoms with Crippen molar-refractivity contribution in [2.24, 2.45) is 0 Å². The molecule has 0 aliphatic rings. The fraction of sp³-hybridized carbons (Fsp3) is 0.222. The first-order valence-corrected chi connectivity index (χ1v) is 4.98. The highest BCUT2D eigenvalue weighted by atomic mass is 32.1. The summed E-state index contributed by atoms with van der Waals surface area (Å²) >= 11 is 1.65. The van der Waals surface area contributed by atoms with Gasteiger partial charge in [0.05, 0.1) is 4.88 Å². The number of rotatable bonds is 2. The first kappa shape index (κ1) is 8.31. The number of nitrogens with zero attached hydrogens (tertiary/aromatic N) is 1. The third kappa shape index (κ3) is 1.45. The maximum Gasteiger partial charge on any atom is 0.179 e. The lowest BCUT2D eigenvalue weighted by Gasteiger charge is -1.93. The Hall–Kier alpha value is -1.29. The summed E-state index contributed by atoms with van der Waals surface area (Å²) in [5.74, 6) is 1.20. The molecule has 3 nitrogen and oxygen atoms in total. The van der Waals surface area contributed by atoms with Crippen LogP contribution in [0.5, 0.6) is 0 Å². The van der Waals surface area contributed by atoms with Gasteiger partial charge < -0.3 is 10.3 Å². The van der Waals surface area contributed by atoms with Crippen LogP contribution < -0.4 is 5.73 Å². The van der Waals surface area contributed by atoms with Gasteiger partial charge in [0.25, 0.3) is 0 Å². The van der Waals surface area contributed by atoms with Gasteiger partial charge in [-0.1, -0.05) is 12.1 Å². The van der Waals surface area contributed by atoms with Gasteiger partial charge in [0, 0.05) is 6.07 Å². The maximum absolute atomic E-state index is 5.48. The highest BCUT2D eigenvalue weighted by Gasteiger charge is 2.09. The highest BCUT2D eigenvalue weighted by molar-refractivity contribution is 7.13. The largest absolute Gasteiger partial charge is 0.381 e. The summed E-state index contributed by atoms with van der Waals surface area (Å²) < 4.78 is 5.09. The zero-order valence-corrected chi connectivity index (χ0v) is 8.10. The predicted molar refractivity (Wildman–Crippen MR) is 53.6 cm³/mol. The molecule has 0 aliphatic carbocycles. The molecule has 0 spiro atoms. The number of nitrogens with two attached hydrogens (primary N) is 1. The fourth-order valence-electron chi connectivity index (χ4n) is 1.23. The van der Waals surface area contributed by atoms with Crippen LogP contribution in [0, 0.1) is 0 Å². The van der Waals surface area contributed by atoms with E-state index in [-0.39, 0.29) is 0 Å². The van der Waals surface area contributed by atoms with Crippen molar-refractivity contribution in [1.29, 1.82) is 0 Å². The second-order valence-electron chi connectivity index (χ2n) is 2.74. The summed E-state index contributed by atoms with van der Waals surface area (Å²) in [5.41, 5.74) is 6.75. The van der Waals surface area contributed by atoms with E-state index in [1.165, 1.54) is 5.56 Å². The summed E-state index contributed by atoms with van der Waals surface area (Å²) in [6.07, 6.45) is 0.999. The van der Waals surface area contributed by atoms with E-state index < -0.39 is 0 Å². The fourth-order valence-corrected chi connectivity index (χ4v) is 2.17. The zero-order chi connectivity index (χ0) is 9.26. The first-order chi connectivity index (χ1) is 6.31. The monoisotopic (exact) mass is 194 g/mol. The minimum absolute atomic E-state index is 0.436. The van der Waals surface area contributed by atoms with Gasteiger partial charge in [0.1, 0.15) is 0 Å². The minimum atomic E-state index is 0.436. The van der Waals surface area contributed by atoms with E-state index in [4.69, 9.17) is 10.3 Å². The van der Waals surface area contributed by atoms with Crippen molar-refractivity contribution in [1.82, 2.24) is 5.16 Å². The van der Waals surface area contributed by atoms with Crippen LogP contribution in [0.4, 0.5) is 5.82 Å². The van der Waals surface area contributed by atoms with E-state index in [2.05, 4.69) is 18.1 Å². The van der Waals surface area contributed by atoms with Gasteiger partial charge in [-0.05, 0) is 23.4 Å². The van der Waals surface area contributed by atoms with Crippen molar-refractivity contribution >= 4 is 17.2 Å². The Morgan fingerprint density at radius 2 is 2.46 bits per heavy atom. The Kier molecular flexibility index (Phi) is 2.06. The molecule has 68 valence electrons. The van der Waals surface area contributed by atoms with Crippen LogP contribution in [0.1, 0.15) is 12.5 Å². The zero-order valence-electron chi connectivity index (χ0n) is 7.28. The summed E-state index contributed by atoms with van der Waals surface area (Å²) in [4.78, 5) is 1.13. The molecule has 2 heterocycles. The molecule has 0 fully saturated rings. The number of anilines is 1. The van der Waals surface area contributed by atoms with Gasteiger partial charge in [0.2, 0.25) is 0 Å². The van der Waals surface area contributed by atoms with Crippen molar-refractivity contribution < 1.29 is 4.52 Å². The minimum Gasteiger partial charge on any atom is -0.381 e. The lowest BCUT2D eigenvalue weighted by Crippen LogP contribution is -1.80. The molecule has 2 N–H and O–H groups in total. The quantitative estimate of drug-likeness (QED) is 0.799. The van der Waals surface area contributed by atoms with Crippen molar-refractivity contribution in [2.45, 2.75) is 13.3 Å². The van der Waals surface area contributed by atoms with Gasteiger partial charge in [-0.25, -0.2) is 0 Å². The molecular formula is C9H10N2OS. The summed E-state index contributed by atoms with van der Waals surface area (Å²) in [6.45, 7) is 2.12. The molecule has 0 saturated carbocycles. The van der Waals surface area contributed by atoms with E-state index in [1.807, 2.05) is 5.38 Å². The lowest BCUT2D eigenvalue weighted by atomic mass is 10.2. The van der Waals surface area contributed by atoms with Gasteiger partial charge >= 0.3 is 0 Å². The van der Waals surface area contributed by atoms with Gasteiger partial charge in [-0.3, -0.25) is 0 Å². The molecule has 2 aromatic heterocycles. The number of thiophene rings is 1. The molecule has 0 bridgehead atoms. The summed E-state index contributed by atoms with van der Waals surface area (Å²) in [7, 11) is 0. The second kappa shape index (κ2) is 3.22. The van der Waals surface area contributed by atoms with Gasteiger partial charge in [-0.15, -0.1) is 11.3 Å². The van der Waals surface area contributed by atoms with Crippen molar-refractivity contribution in [3.8, 4) is 10.6 Å². The van der Waals surface area contributed by atoms with Crippen LogP contribution in [0.15, 0.2) is 22.0 Å². The van der Waals surface area contributed by atoms with Crippen LogP contribution in [-0.4, -0.2) is 5.16 Å². The average Bonchev–Trinajstić information content (AvgIpc) is 2.71. The molecule has 0 aliphatic heterocycles. The topological polar surface area (TPSA) is 52.0 Å². The smallest absolute Gasteiger partial charge is 0.179 e. The Bertz CT molecular complexity index is 405. The lowest BCUT2D eigenvalue weighted by molar-refractivity contribution is 0.436. The molecule has 0 saturated heterocycles. The number of hydrogen-bond acceptors (Lipinski definition) is 4. The number of aromatic nitrogens is 1. The molecule has 13 heavy (non-hydrogen) atoms. The average molecular weight is 194 g/mol. The highest BCUT2D eigenvalue weighted by Crippen LogP contribution is 2.30. The van der Waals surface area contributed by atoms with Crippen LogP contribution >= 0.6 is 11.3 Å². The Morgan fingerprint density at radius 3 is 3.08 bits per heavy atom. The molecule has 0 atom stereocenters. The van der Waals surface area contributed by atoms with Gasteiger partial charge in [-0.2, -0.15) is 0 Å². The van der Waals surface area contributed by atoms with E-state index in [1.54, 1.807) is 17.4 Å². The third-order valence-electron chi connectivity index (χ3n) is 1.88. The van der Waals surface area contributed by atoms with Crippen molar-refractivity contribution in [2.75, 3.05) is 5.73 Å². The second-order valence-corrected chi connectivity index (χ2v) is 3.66. The molecular weight excluding hydrogens is 184 g/mol. The number of hydrogen-bond donors (Lipinski definition) is 1. The van der Waals surface area contributed by atoms with E-state index in [0.29, 0.717) is 5.82 Å². The first-order valence-electron chi connectivity index (χ1n) is 4.10. The standard InChI is InChI=1S/C9H10N2OS/c1-2-6-3-4-13-9(6)7-5-8(10)11-12-7/h3-5H,2H2,1H3,(H2,10,11). The molecule has 2 aromatic rings. The van der Waals surface area contributed by atoms with Crippen LogP contribution in [-0.2, 0) is 6.42 Å². The molecule has 2 rings (SSSR count). The van der Waals surface area contributed by atoms with E-state index in [9.17, 15) is 0 Å². The summed E-state index contributed by atoms with van der Waals surface area (Å²) in [5, 5.41) is 5.71. The number of aryl methyl sites for hydroxylation is 1. The molecule has 0 radical (unpaired) electrons.